The number of amides is 2. The lowest BCUT2D eigenvalue weighted by atomic mass is 10.0. The van der Waals surface area contributed by atoms with Crippen LogP contribution in [-0.4, -0.2) is 64.0 Å². The number of nitrogens with one attached hydrogen (secondary N) is 1. The average Bonchev–Trinajstić information content (AvgIpc) is 2.93. The van der Waals surface area contributed by atoms with Gasteiger partial charge in [0.2, 0.25) is 11.8 Å². The van der Waals surface area contributed by atoms with Crippen LogP contribution >= 0.6 is 0 Å². The second kappa shape index (κ2) is 7.76. The summed E-state index contributed by atoms with van der Waals surface area (Å²) in [5, 5.41) is 2.35. The summed E-state index contributed by atoms with van der Waals surface area (Å²) in [6.45, 7) is 2.99. The first-order valence-electron chi connectivity index (χ1n) is 10.3. The van der Waals surface area contributed by atoms with Gasteiger partial charge in [0.25, 0.3) is 0 Å². The number of hydrogen-bond donors (Lipinski definition) is 1. The Morgan fingerprint density at radius 2 is 1.79 bits per heavy atom. The molecule has 2 aromatic rings. The molecule has 156 valence electrons. The number of aryl methyl sites for hydroxylation is 1. The molecule has 0 bridgehead atoms. The highest BCUT2D eigenvalue weighted by molar-refractivity contribution is 6.00. The predicted octanol–water partition coefficient (Wildman–Crippen LogP) is 0.844. The summed E-state index contributed by atoms with van der Waals surface area (Å²) < 4.78 is 3.13. The van der Waals surface area contributed by atoms with Crippen LogP contribution in [0.25, 0.3) is 11.0 Å². The second-order valence-corrected chi connectivity index (χ2v) is 8.47. The normalized spacial score (nSPS) is 21.9. The highest BCUT2D eigenvalue weighted by atomic mass is 16.2. The van der Waals surface area contributed by atoms with Crippen molar-refractivity contribution in [3.8, 4) is 0 Å². The Labute approximate surface area is 170 Å². The van der Waals surface area contributed by atoms with E-state index in [1.165, 1.54) is 17.4 Å². The van der Waals surface area contributed by atoms with E-state index in [2.05, 4.69) is 35.3 Å². The standard InChI is InChI=1S/C21H29N5O3/c1-23(2)15-8-10-25(11-9-15)13-14-4-5-16-18(12-14)24(3)21(29)26(16)17-6-7-19(27)22-20(17)28/h4-5,12,15,17H,6-11,13H2,1-3H3,(H,22,27,28). The maximum absolute atomic E-state index is 12.9. The quantitative estimate of drug-likeness (QED) is 0.771. The van der Waals surface area contributed by atoms with Gasteiger partial charge in [-0.05, 0) is 64.1 Å². The maximum atomic E-state index is 12.9. The predicted molar refractivity (Wildman–Crippen MR) is 111 cm³/mol. The Hall–Kier alpha value is -2.45. The molecule has 1 atom stereocenters. The Kier molecular flexibility index (Phi) is 5.31. The number of benzene rings is 1. The van der Waals surface area contributed by atoms with Crippen LogP contribution in [0.4, 0.5) is 0 Å². The van der Waals surface area contributed by atoms with E-state index in [4.69, 9.17) is 0 Å². The molecule has 1 aromatic carbocycles. The molecule has 2 saturated heterocycles. The van der Waals surface area contributed by atoms with Crippen LogP contribution in [0.5, 0.6) is 0 Å². The fourth-order valence-corrected chi connectivity index (χ4v) is 4.59. The average molecular weight is 399 g/mol. The molecule has 1 unspecified atom stereocenters. The molecule has 3 heterocycles. The third-order valence-corrected chi connectivity index (χ3v) is 6.37. The second-order valence-electron chi connectivity index (χ2n) is 8.47. The molecule has 4 rings (SSSR count). The van der Waals surface area contributed by atoms with E-state index < -0.39 is 11.9 Å². The molecule has 0 spiro atoms. The molecule has 8 nitrogen and oxygen atoms in total. The van der Waals surface area contributed by atoms with Gasteiger partial charge in [-0.3, -0.25) is 28.9 Å². The van der Waals surface area contributed by atoms with Crippen LogP contribution in [0.2, 0.25) is 0 Å². The van der Waals surface area contributed by atoms with Crippen molar-refractivity contribution in [2.24, 2.45) is 7.05 Å². The topological polar surface area (TPSA) is 79.6 Å². The lowest BCUT2D eigenvalue weighted by Gasteiger charge is -2.35. The smallest absolute Gasteiger partial charge is 0.306 e. The number of hydrogen-bond acceptors (Lipinski definition) is 5. The van der Waals surface area contributed by atoms with Gasteiger partial charge < -0.3 is 4.90 Å². The number of fused-ring (bicyclic) bond motifs is 1. The number of nitrogens with zero attached hydrogens (tertiary/aromatic N) is 4. The first kappa shape index (κ1) is 19.8. The van der Waals surface area contributed by atoms with Crippen LogP contribution in [0.1, 0.15) is 37.3 Å². The van der Waals surface area contributed by atoms with E-state index in [0.717, 1.165) is 36.2 Å². The van der Waals surface area contributed by atoms with Crippen molar-refractivity contribution in [3.05, 3.63) is 34.2 Å². The van der Waals surface area contributed by atoms with Crippen molar-refractivity contribution >= 4 is 22.8 Å². The van der Waals surface area contributed by atoms with Crippen LogP contribution < -0.4 is 11.0 Å². The minimum absolute atomic E-state index is 0.224. The SMILES string of the molecule is CN(C)C1CCN(Cc2ccc3c(c2)n(C)c(=O)n3C2CCC(=O)NC2=O)CC1. The van der Waals surface area contributed by atoms with Crippen LogP contribution in [0, 0.1) is 0 Å². The molecule has 29 heavy (non-hydrogen) atoms. The number of imide groups is 1. The van der Waals surface area contributed by atoms with Gasteiger partial charge in [0, 0.05) is 26.1 Å². The van der Waals surface area contributed by atoms with E-state index in [1.807, 2.05) is 12.1 Å². The van der Waals surface area contributed by atoms with Crippen LogP contribution in [0.15, 0.2) is 23.0 Å². The highest BCUT2D eigenvalue weighted by Gasteiger charge is 2.31. The third-order valence-electron chi connectivity index (χ3n) is 6.37. The number of carbonyl (C=O) groups excluding carboxylic acids is 2. The lowest BCUT2D eigenvalue weighted by Crippen LogP contribution is -2.44. The van der Waals surface area contributed by atoms with Crippen molar-refractivity contribution in [2.75, 3.05) is 27.2 Å². The van der Waals surface area contributed by atoms with Crippen LogP contribution in [0.3, 0.4) is 0 Å². The number of likely N-dealkylation sites (tertiary alicyclic amines) is 1. The zero-order chi connectivity index (χ0) is 20.7. The number of piperidine rings is 2. The Balaban J connectivity index is 1.58. The third kappa shape index (κ3) is 3.74. The fraction of sp³-hybridized carbons (Fsp3) is 0.571. The van der Waals surface area contributed by atoms with Crippen molar-refractivity contribution in [1.82, 2.24) is 24.3 Å². The summed E-state index contributed by atoms with van der Waals surface area (Å²) in [4.78, 5) is 41.4. The number of rotatable bonds is 4. The number of aromatic nitrogens is 2. The zero-order valence-corrected chi connectivity index (χ0v) is 17.4. The molecule has 8 heteroatoms. The van der Waals surface area contributed by atoms with Crippen molar-refractivity contribution in [2.45, 2.75) is 44.3 Å². The Bertz CT molecular complexity index is 998. The van der Waals surface area contributed by atoms with E-state index >= 15 is 0 Å². The molecule has 0 aliphatic carbocycles. The molecule has 2 amide bonds. The first-order valence-corrected chi connectivity index (χ1v) is 10.3. The van der Waals surface area contributed by atoms with Gasteiger partial charge in [-0.25, -0.2) is 4.79 Å². The van der Waals surface area contributed by atoms with E-state index in [-0.39, 0.29) is 18.0 Å². The van der Waals surface area contributed by atoms with Gasteiger partial charge in [0.15, 0.2) is 0 Å². The largest absolute Gasteiger partial charge is 0.329 e. The molecular formula is C21H29N5O3. The summed E-state index contributed by atoms with van der Waals surface area (Å²) in [5.74, 6) is -0.677. The minimum Gasteiger partial charge on any atom is -0.306 e. The van der Waals surface area contributed by atoms with Gasteiger partial charge >= 0.3 is 5.69 Å². The van der Waals surface area contributed by atoms with E-state index in [1.54, 1.807) is 11.6 Å². The van der Waals surface area contributed by atoms with Gasteiger partial charge in [-0.2, -0.15) is 0 Å². The number of imidazole rings is 1. The summed E-state index contributed by atoms with van der Waals surface area (Å²) in [5.41, 5.74) is 2.50. The van der Waals surface area contributed by atoms with Crippen molar-refractivity contribution in [1.29, 1.82) is 0 Å². The van der Waals surface area contributed by atoms with Crippen LogP contribution in [-0.2, 0) is 23.2 Å². The Morgan fingerprint density at radius 1 is 1.07 bits per heavy atom. The fourth-order valence-electron chi connectivity index (χ4n) is 4.59. The summed E-state index contributed by atoms with van der Waals surface area (Å²) in [6, 6.07) is 6.04. The van der Waals surface area contributed by atoms with Gasteiger partial charge in [0.1, 0.15) is 6.04 Å². The molecule has 1 aromatic heterocycles. The van der Waals surface area contributed by atoms with Gasteiger partial charge in [0.05, 0.1) is 11.0 Å². The van der Waals surface area contributed by atoms with E-state index in [0.29, 0.717) is 12.5 Å². The van der Waals surface area contributed by atoms with Crippen molar-refractivity contribution in [3.63, 3.8) is 0 Å². The van der Waals surface area contributed by atoms with E-state index in [9.17, 15) is 14.4 Å². The highest BCUT2D eigenvalue weighted by Crippen LogP contribution is 2.24. The molecule has 2 aliphatic rings. The minimum atomic E-state index is -0.639. The first-order chi connectivity index (χ1) is 13.8. The monoisotopic (exact) mass is 399 g/mol. The zero-order valence-electron chi connectivity index (χ0n) is 17.4. The molecule has 2 fully saturated rings. The lowest BCUT2D eigenvalue weighted by molar-refractivity contribution is -0.135. The molecule has 0 radical (unpaired) electrons. The molecule has 1 N–H and O–H groups in total. The molecule has 0 saturated carbocycles. The molecule has 2 aliphatic heterocycles. The molecular weight excluding hydrogens is 370 g/mol. The Morgan fingerprint density at radius 3 is 2.45 bits per heavy atom. The summed E-state index contributed by atoms with van der Waals surface area (Å²) in [7, 11) is 6.02. The number of carbonyl (C=O) groups is 2. The summed E-state index contributed by atoms with van der Waals surface area (Å²) in [6.07, 6.45) is 2.94. The maximum Gasteiger partial charge on any atom is 0.329 e. The van der Waals surface area contributed by atoms with Gasteiger partial charge in [-0.15, -0.1) is 0 Å². The summed E-state index contributed by atoms with van der Waals surface area (Å²) >= 11 is 0. The van der Waals surface area contributed by atoms with Crippen molar-refractivity contribution < 1.29 is 9.59 Å². The van der Waals surface area contributed by atoms with Gasteiger partial charge in [-0.1, -0.05) is 6.07 Å².